The summed E-state index contributed by atoms with van der Waals surface area (Å²) in [5.41, 5.74) is -2.20. The molecular formula is C18H11F5O5S. The zero-order valence-electron chi connectivity index (χ0n) is 14.2. The normalized spacial score (nSPS) is 12.5. The number of rotatable bonds is 5. The molecule has 0 fully saturated rings. The first kappa shape index (κ1) is 20.8. The van der Waals surface area contributed by atoms with Gasteiger partial charge in [-0.15, -0.1) is 0 Å². The highest BCUT2D eigenvalue weighted by Crippen LogP contribution is 2.35. The number of alkyl halides is 5. The molecule has 0 aliphatic carbocycles. The molecule has 5 nitrogen and oxygen atoms in total. The third-order valence-electron chi connectivity index (χ3n) is 3.91. The predicted octanol–water partition coefficient (Wildman–Crippen LogP) is 4.39. The number of fused-ring (bicyclic) bond motifs is 1. The van der Waals surface area contributed by atoms with Crippen molar-refractivity contribution in [3.8, 4) is 5.75 Å². The quantitative estimate of drug-likeness (QED) is 0.440. The molecule has 0 saturated carbocycles. The molecule has 1 aromatic heterocycles. The maximum absolute atomic E-state index is 13.0. The van der Waals surface area contributed by atoms with Gasteiger partial charge in [-0.1, -0.05) is 12.1 Å². The van der Waals surface area contributed by atoms with E-state index in [1.54, 1.807) is 0 Å². The number of hydrogen-bond acceptors (Lipinski definition) is 5. The third kappa shape index (κ3) is 4.39. The molecule has 1 heterocycles. The number of benzene rings is 2. The summed E-state index contributed by atoms with van der Waals surface area (Å²) >= 11 is 0. The Morgan fingerprint density at radius 2 is 1.66 bits per heavy atom. The van der Waals surface area contributed by atoms with E-state index in [2.05, 4.69) is 0 Å². The highest BCUT2D eigenvalue weighted by molar-refractivity contribution is 7.91. The molecule has 0 unspecified atom stereocenters. The molecule has 29 heavy (non-hydrogen) atoms. The second kappa shape index (κ2) is 7.47. The van der Waals surface area contributed by atoms with Gasteiger partial charge in [-0.2, -0.15) is 22.0 Å². The monoisotopic (exact) mass is 434 g/mol. The van der Waals surface area contributed by atoms with E-state index >= 15 is 0 Å². The first-order chi connectivity index (χ1) is 13.5. The molecule has 0 N–H and O–H groups in total. The molecule has 0 aliphatic rings. The summed E-state index contributed by atoms with van der Waals surface area (Å²) < 4.78 is 97.1. The summed E-state index contributed by atoms with van der Waals surface area (Å²) in [6.07, 6.45) is -4.74. The van der Waals surface area contributed by atoms with Crippen molar-refractivity contribution in [1.29, 1.82) is 0 Å². The van der Waals surface area contributed by atoms with E-state index in [-0.39, 0.29) is 23.3 Å². The number of ether oxygens (including phenoxy) is 1. The Kier molecular flexibility index (Phi) is 5.35. The number of sulfone groups is 1. The van der Waals surface area contributed by atoms with E-state index in [9.17, 15) is 35.2 Å². The number of hydrogen-bond donors (Lipinski definition) is 0. The Bertz CT molecular complexity index is 1200. The zero-order chi connectivity index (χ0) is 21.4. The molecule has 154 valence electrons. The van der Waals surface area contributed by atoms with Crippen LogP contribution < -0.4 is 10.4 Å². The van der Waals surface area contributed by atoms with Crippen LogP contribution in [0.25, 0.3) is 11.0 Å². The maximum atomic E-state index is 13.0. The third-order valence-corrected chi connectivity index (χ3v) is 5.31. The van der Waals surface area contributed by atoms with E-state index in [4.69, 9.17) is 9.15 Å². The van der Waals surface area contributed by atoms with Crippen LogP contribution in [0.5, 0.6) is 5.75 Å². The Morgan fingerprint density at radius 1 is 1.00 bits per heavy atom. The van der Waals surface area contributed by atoms with E-state index in [0.29, 0.717) is 11.6 Å². The Hall–Kier alpha value is -2.95. The molecule has 0 spiro atoms. The van der Waals surface area contributed by atoms with Crippen LogP contribution in [0.15, 0.2) is 62.6 Å². The van der Waals surface area contributed by atoms with Gasteiger partial charge in [-0.25, -0.2) is 13.2 Å². The molecular weight excluding hydrogens is 423 g/mol. The van der Waals surface area contributed by atoms with Crippen molar-refractivity contribution < 1.29 is 39.5 Å². The van der Waals surface area contributed by atoms with Crippen LogP contribution >= 0.6 is 0 Å². The molecule has 0 aliphatic heterocycles. The lowest BCUT2D eigenvalue weighted by atomic mass is 10.1. The summed E-state index contributed by atoms with van der Waals surface area (Å²) in [5.74, 6) is -3.46. The van der Waals surface area contributed by atoms with Crippen molar-refractivity contribution in [2.24, 2.45) is 0 Å². The largest absolute Gasteiger partial charge is 0.489 e. The van der Waals surface area contributed by atoms with Crippen LogP contribution in [-0.4, -0.2) is 14.2 Å². The standard InChI is InChI=1S/C18H11F5O5S/c19-17(20)29(25,26)12-4-1-10(2-5-12)9-27-11-3-6-13-14(18(21,22)23)8-16(24)28-15(13)7-11/h1-8,17H,9H2. The van der Waals surface area contributed by atoms with Gasteiger partial charge >= 0.3 is 17.6 Å². The van der Waals surface area contributed by atoms with Crippen LogP contribution in [-0.2, 0) is 22.6 Å². The minimum absolute atomic E-state index is 0.0873. The SMILES string of the molecule is O=c1cc(C(F)(F)F)c2ccc(OCc3ccc(S(=O)(=O)C(F)F)cc3)cc2o1. The summed E-state index contributed by atoms with van der Waals surface area (Å²) in [6.45, 7) is -0.135. The van der Waals surface area contributed by atoms with Gasteiger partial charge in [0.05, 0.1) is 10.5 Å². The summed E-state index contributed by atoms with van der Waals surface area (Å²) in [7, 11) is -4.71. The lowest BCUT2D eigenvalue weighted by molar-refractivity contribution is -0.136. The van der Waals surface area contributed by atoms with Crippen LogP contribution in [0, 0.1) is 0 Å². The molecule has 0 atom stereocenters. The average molecular weight is 434 g/mol. The van der Waals surface area contributed by atoms with E-state index < -0.39 is 37.9 Å². The molecule has 0 amide bonds. The molecule has 0 saturated heterocycles. The van der Waals surface area contributed by atoms with Crippen molar-refractivity contribution in [2.75, 3.05) is 0 Å². The van der Waals surface area contributed by atoms with Gasteiger partial charge in [-0.05, 0) is 29.8 Å². The second-order valence-corrected chi connectivity index (χ2v) is 7.79. The number of halogens is 5. The first-order valence-corrected chi connectivity index (χ1v) is 9.42. The van der Waals surface area contributed by atoms with E-state index in [1.807, 2.05) is 0 Å². The summed E-state index contributed by atoms with van der Waals surface area (Å²) in [6, 6.07) is 8.32. The molecule has 0 bridgehead atoms. The molecule has 3 rings (SSSR count). The molecule has 0 radical (unpaired) electrons. The predicted molar refractivity (Wildman–Crippen MR) is 91.4 cm³/mol. The van der Waals surface area contributed by atoms with Crippen LogP contribution in [0.4, 0.5) is 22.0 Å². The maximum Gasteiger partial charge on any atom is 0.417 e. The fourth-order valence-corrected chi connectivity index (χ4v) is 3.23. The van der Waals surface area contributed by atoms with Crippen molar-refractivity contribution in [1.82, 2.24) is 0 Å². The van der Waals surface area contributed by atoms with Crippen molar-refractivity contribution in [2.45, 2.75) is 23.4 Å². The van der Waals surface area contributed by atoms with Gasteiger partial charge in [0.15, 0.2) is 0 Å². The minimum atomic E-state index is -4.74. The summed E-state index contributed by atoms with van der Waals surface area (Å²) in [4.78, 5) is 10.8. The smallest absolute Gasteiger partial charge is 0.417 e. The van der Waals surface area contributed by atoms with Crippen LogP contribution in [0.1, 0.15) is 11.1 Å². The zero-order valence-corrected chi connectivity index (χ0v) is 15.1. The van der Waals surface area contributed by atoms with Crippen molar-refractivity contribution in [3.05, 3.63) is 70.1 Å². The van der Waals surface area contributed by atoms with Gasteiger partial charge in [0, 0.05) is 17.5 Å². The van der Waals surface area contributed by atoms with Gasteiger partial charge in [0.25, 0.3) is 0 Å². The fourth-order valence-electron chi connectivity index (χ4n) is 2.51. The Morgan fingerprint density at radius 3 is 2.24 bits per heavy atom. The van der Waals surface area contributed by atoms with Gasteiger partial charge in [0.2, 0.25) is 9.84 Å². The lowest BCUT2D eigenvalue weighted by Crippen LogP contribution is -2.11. The topological polar surface area (TPSA) is 73.6 Å². The Labute approximate surface area is 160 Å². The fraction of sp³-hybridized carbons (Fsp3) is 0.167. The van der Waals surface area contributed by atoms with Gasteiger partial charge in [-0.3, -0.25) is 0 Å². The van der Waals surface area contributed by atoms with Crippen molar-refractivity contribution >= 4 is 20.8 Å². The Balaban J connectivity index is 1.82. The van der Waals surface area contributed by atoms with Gasteiger partial charge < -0.3 is 9.15 Å². The summed E-state index contributed by atoms with van der Waals surface area (Å²) in [5, 5.41) is -0.314. The highest BCUT2D eigenvalue weighted by Gasteiger charge is 2.33. The lowest BCUT2D eigenvalue weighted by Gasteiger charge is -2.11. The van der Waals surface area contributed by atoms with Crippen molar-refractivity contribution in [3.63, 3.8) is 0 Å². The van der Waals surface area contributed by atoms with E-state index in [0.717, 1.165) is 24.3 Å². The average Bonchev–Trinajstić information content (AvgIpc) is 2.64. The highest BCUT2D eigenvalue weighted by atomic mass is 32.2. The van der Waals surface area contributed by atoms with E-state index in [1.165, 1.54) is 18.2 Å². The van der Waals surface area contributed by atoms with Crippen LogP contribution in [0.2, 0.25) is 0 Å². The molecule has 3 aromatic rings. The van der Waals surface area contributed by atoms with Crippen LogP contribution in [0.3, 0.4) is 0 Å². The molecule has 11 heteroatoms. The molecule has 2 aromatic carbocycles. The van der Waals surface area contributed by atoms with Gasteiger partial charge in [0.1, 0.15) is 17.9 Å². The first-order valence-electron chi connectivity index (χ1n) is 7.87. The second-order valence-electron chi connectivity index (χ2n) is 5.87. The minimum Gasteiger partial charge on any atom is -0.489 e.